The van der Waals surface area contributed by atoms with Gasteiger partial charge in [0.2, 0.25) is 12.7 Å². The number of hydrogen-bond donors (Lipinski definition) is 1. The topological polar surface area (TPSA) is 91.4 Å². The lowest BCUT2D eigenvalue weighted by Crippen LogP contribution is -2.49. The predicted octanol–water partition coefficient (Wildman–Crippen LogP) is 1.57. The zero-order valence-corrected chi connectivity index (χ0v) is 18.2. The highest BCUT2D eigenvalue weighted by Gasteiger charge is 2.40. The van der Waals surface area contributed by atoms with Crippen LogP contribution in [0.1, 0.15) is 17.5 Å². The van der Waals surface area contributed by atoms with Crippen molar-refractivity contribution in [3.8, 4) is 11.5 Å². The van der Waals surface area contributed by atoms with Gasteiger partial charge in [-0.1, -0.05) is 36.4 Å². The van der Waals surface area contributed by atoms with Crippen LogP contribution in [0.25, 0.3) is 0 Å². The monoisotopic (exact) mass is 450 g/mol. The summed E-state index contributed by atoms with van der Waals surface area (Å²) in [6.07, 6.45) is -0.0269. The zero-order valence-electron chi connectivity index (χ0n) is 18.2. The Labute approximate surface area is 191 Å². The van der Waals surface area contributed by atoms with Gasteiger partial charge in [0.15, 0.2) is 11.5 Å². The number of ether oxygens (including phenoxy) is 2. The molecule has 172 valence electrons. The predicted molar refractivity (Wildman–Crippen MR) is 118 cm³/mol. The molecule has 9 nitrogen and oxygen atoms in total. The molecule has 9 heteroatoms. The first-order valence-corrected chi connectivity index (χ1v) is 11.1. The van der Waals surface area contributed by atoms with Crippen LogP contribution in [0.2, 0.25) is 0 Å². The van der Waals surface area contributed by atoms with Gasteiger partial charge in [0.1, 0.15) is 6.04 Å². The number of carbonyl (C=O) groups excluding carboxylic acids is 3. The fraction of sp³-hybridized carbons (Fsp3) is 0.375. The van der Waals surface area contributed by atoms with Crippen molar-refractivity contribution in [2.45, 2.75) is 25.6 Å². The van der Waals surface area contributed by atoms with Crippen LogP contribution in [0.4, 0.5) is 4.79 Å². The molecule has 3 aliphatic heterocycles. The molecule has 0 radical (unpaired) electrons. The minimum Gasteiger partial charge on any atom is -0.454 e. The number of nitrogens with zero attached hydrogens (tertiary/aromatic N) is 3. The molecule has 0 bridgehead atoms. The summed E-state index contributed by atoms with van der Waals surface area (Å²) in [5, 5.41) is 2.66. The van der Waals surface area contributed by atoms with E-state index in [4.69, 9.17) is 9.47 Å². The van der Waals surface area contributed by atoms with E-state index in [1.54, 1.807) is 23.1 Å². The number of fused-ring (bicyclic) bond motifs is 1. The zero-order chi connectivity index (χ0) is 22.8. The molecule has 4 amide bonds. The second-order valence-corrected chi connectivity index (χ2v) is 8.46. The third-order valence-corrected chi connectivity index (χ3v) is 6.24. The molecule has 3 heterocycles. The molecule has 0 spiro atoms. The summed E-state index contributed by atoms with van der Waals surface area (Å²) in [7, 11) is 0. The Bertz CT molecular complexity index is 1050. The first kappa shape index (κ1) is 21.3. The van der Waals surface area contributed by atoms with Gasteiger partial charge in [0.25, 0.3) is 5.91 Å². The fourth-order valence-corrected chi connectivity index (χ4v) is 4.39. The van der Waals surface area contributed by atoms with Crippen molar-refractivity contribution in [3.63, 3.8) is 0 Å². The third kappa shape index (κ3) is 4.63. The van der Waals surface area contributed by atoms with E-state index in [1.807, 2.05) is 18.2 Å². The lowest BCUT2D eigenvalue weighted by molar-refractivity contribution is -0.137. The van der Waals surface area contributed by atoms with Gasteiger partial charge in [-0.25, -0.2) is 4.79 Å². The Balaban J connectivity index is 1.13. The molecule has 0 aliphatic carbocycles. The van der Waals surface area contributed by atoms with Crippen molar-refractivity contribution in [1.29, 1.82) is 0 Å². The Morgan fingerprint density at radius 2 is 1.67 bits per heavy atom. The van der Waals surface area contributed by atoms with Crippen LogP contribution in [-0.4, -0.2) is 71.6 Å². The van der Waals surface area contributed by atoms with E-state index in [2.05, 4.69) is 22.3 Å². The first-order chi connectivity index (χ1) is 16.1. The van der Waals surface area contributed by atoms with E-state index in [1.165, 1.54) is 5.56 Å². The Morgan fingerprint density at radius 3 is 2.45 bits per heavy atom. The normalized spacial score (nSPS) is 20.3. The van der Waals surface area contributed by atoms with Crippen LogP contribution >= 0.6 is 0 Å². The van der Waals surface area contributed by atoms with Gasteiger partial charge in [-0.3, -0.25) is 19.4 Å². The molecule has 2 saturated heterocycles. The SMILES string of the molecule is O=C(C[C@H]1NC(=O)N(Cc2ccc3c(c2)OCO3)C1=O)N1CCN(Cc2ccccc2)CC1. The standard InChI is InChI=1S/C24H26N4O5/c29-22(27-10-8-26(9-11-27)14-17-4-2-1-3-5-17)13-19-23(30)28(24(31)25-19)15-18-6-7-20-21(12-18)33-16-32-20/h1-7,12,19H,8-11,13-16H2,(H,25,31)/t19-/m1/s1. The molecule has 0 unspecified atom stereocenters. The van der Waals surface area contributed by atoms with E-state index >= 15 is 0 Å². The molecule has 0 saturated carbocycles. The van der Waals surface area contributed by atoms with Crippen molar-refractivity contribution in [2.24, 2.45) is 0 Å². The highest BCUT2D eigenvalue weighted by Crippen LogP contribution is 2.33. The molecule has 0 aromatic heterocycles. The second-order valence-electron chi connectivity index (χ2n) is 8.46. The van der Waals surface area contributed by atoms with Gasteiger partial charge in [-0.15, -0.1) is 0 Å². The number of hydrogen-bond acceptors (Lipinski definition) is 6. The molecular formula is C24H26N4O5. The summed E-state index contributed by atoms with van der Waals surface area (Å²) in [6.45, 7) is 3.91. The lowest BCUT2D eigenvalue weighted by Gasteiger charge is -2.35. The fourth-order valence-electron chi connectivity index (χ4n) is 4.39. The largest absolute Gasteiger partial charge is 0.454 e. The van der Waals surface area contributed by atoms with E-state index in [0.717, 1.165) is 30.1 Å². The Morgan fingerprint density at radius 1 is 0.909 bits per heavy atom. The number of piperazine rings is 1. The molecular weight excluding hydrogens is 424 g/mol. The summed E-state index contributed by atoms with van der Waals surface area (Å²) < 4.78 is 10.7. The van der Waals surface area contributed by atoms with Crippen LogP contribution in [0, 0.1) is 0 Å². The quantitative estimate of drug-likeness (QED) is 0.672. The lowest BCUT2D eigenvalue weighted by atomic mass is 10.1. The highest BCUT2D eigenvalue weighted by molar-refractivity contribution is 6.05. The second kappa shape index (κ2) is 9.11. The summed E-state index contributed by atoms with van der Waals surface area (Å²) in [4.78, 5) is 43.3. The number of amides is 4. The van der Waals surface area contributed by atoms with Gasteiger partial charge in [-0.05, 0) is 23.3 Å². The number of carbonyl (C=O) groups is 3. The minimum absolute atomic E-state index is 0.0269. The summed E-state index contributed by atoms with van der Waals surface area (Å²) in [5.74, 6) is 0.743. The van der Waals surface area contributed by atoms with Crippen molar-refractivity contribution in [1.82, 2.24) is 20.0 Å². The molecule has 2 aromatic carbocycles. The van der Waals surface area contributed by atoms with E-state index in [0.29, 0.717) is 24.6 Å². The molecule has 1 atom stereocenters. The van der Waals surface area contributed by atoms with Crippen molar-refractivity contribution >= 4 is 17.8 Å². The van der Waals surface area contributed by atoms with E-state index in [9.17, 15) is 14.4 Å². The number of urea groups is 1. The maximum Gasteiger partial charge on any atom is 0.325 e. The van der Waals surface area contributed by atoms with E-state index < -0.39 is 12.1 Å². The molecule has 2 aromatic rings. The van der Waals surface area contributed by atoms with Crippen LogP contribution in [-0.2, 0) is 22.7 Å². The molecule has 1 N–H and O–H groups in total. The van der Waals surface area contributed by atoms with Crippen molar-refractivity contribution in [2.75, 3.05) is 33.0 Å². The number of rotatable bonds is 6. The van der Waals surface area contributed by atoms with Crippen LogP contribution in [0.15, 0.2) is 48.5 Å². The molecule has 33 heavy (non-hydrogen) atoms. The number of imide groups is 1. The molecule has 2 fully saturated rings. The number of benzene rings is 2. The van der Waals surface area contributed by atoms with Crippen LogP contribution in [0.3, 0.4) is 0 Å². The summed E-state index contributed by atoms with van der Waals surface area (Å²) >= 11 is 0. The van der Waals surface area contributed by atoms with Crippen LogP contribution in [0.5, 0.6) is 11.5 Å². The maximum atomic E-state index is 12.8. The average molecular weight is 450 g/mol. The van der Waals surface area contributed by atoms with Gasteiger partial charge in [0.05, 0.1) is 13.0 Å². The minimum atomic E-state index is -0.832. The molecule has 5 rings (SSSR count). The smallest absolute Gasteiger partial charge is 0.325 e. The summed E-state index contributed by atoms with van der Waals surface area (Å²) in [5.41, 5.74) is 2.00. The van der Waals surface area contributed by atoms with E-state index in [-0.39, 0.29) is 31.6 Å². The van der Waals surface area contributed by atoms with Gasteiger partial charge >= 0.3 is 6.03 Å². The highest BCUT2D eigenvalue weighted by atomic mass is 16.7. The van der Waals surface area contributed by atoms with Crippen LogP contribution < -0.4 is 14.8 Å². The van der Waals surface area contributed by atoms with Crippen molar-refractivity contribution < 1.29 is 23.9 Å². The average Bonchev–Trinajstić information content (AvgIpc) is 3.40. The maximum absolute atomic E-state index is 12.8. The van der Waals surface area contributed by atoms with Crippen molar-refractivity contribution in [3.05, 3.63) is 59.7 Å². The van der Waals surface area contributed by atoms with Gasteiger partial charge in [-0.2, -0.15) is 0 Å². The van der Waals surface area contributed by atoms with Gasteiger partial charge < -0.3 is 19.7 Å². The summed E-state index contributed by atoms with van der Waals surface area (Å²) in [6, 6.07) is 14.2. The third-order valence-electron chi connectivity index (χ3n) is 6.24. The Hall–Kier alpha value is -3.59. The molecule has 3 aliphatic rings. The van der Waals surface area contributed by atoms with Gasteiger partial charge in [0, 0.05) is 32.7 Å². The first-order valence-electron chi connectivity index (χ1n) is 11.1. The Kier molecular flexibility index (Phi) is 5.87. The number of nitrogens with one attached hydrogen (secondary N) is 1.